The molecule has 2 aromatic rings. The van der Waals surface area contributed by atoms with Crippen molar-refractivity contribution in [2.45, 2.75) is 25.7 Å². The summed E-state index contributed by atoms with van der Waals surface area (Å²) in [5.41, 5.74) is 2.36. The lowest BCUT2D eigenvalue weighted by molar-refractivity contribution is -0.119. The van der Waals surface area contributed by atoms with Crippen LogP contribution in [0.2, 0.25) is 0 Å². The van der Waals surface area contributed by atoms with Crippen LogP contribution in [0.3, 0.4) is 0 Å². The average molecular weight is 281 g/mol. The third kappa shape index (κ3) is 3.55. The van der Waals surface area contributed by atoms with Crippen molar-refractivity contribution in [2.24, 2.45) is 0 Å². The molecule has 2 aromatic carbocycles. The lowest BCUT2D eigenvalue weighted by Gasteiger charge is -2.10. The molecule has 0 spiro atoms. The van der Waals surface area contributed by atoms with Gasteiger partial charge in [0.1, 0.15) is 11.7 Å². The predicted molar refractivity (Wildman–Crippen MR) is 79.3 cm³/mol. The molecule has 0 bridgehead atoms. The lowest BCUT2D eigenvalue weighted by atomic mass is 9.91. The van der Waals surface area contributed by atoms with Crippen LogP contribution in [0.1, 0.15) is 29.0 Å². The van der Waals surface area contributed by atoms with Gasteiger partial charge in [-0.25, -0.2) is 4.39 Å². The molecular weight excluding hydrogens is 265 g/mol. The highest BCUT2D eigenvalue weighted by atomic mass is 19.1. The summed E-state index contributed by atoms with van der Waals surface area (Å²) in [5, 5.41) is 9.19. The minimum Gasteiger partial charge on any atom is -0.298 e. The highest BCUT2D eigenvalue weighted by molar-refractivity contribution is 5.88. The van der Waals surface area contributed by atoms with Gasteiger partial charge in [-0.1, -0.05) is 42.5 Å². The first-order chi connectivity index (χ1) is 10.1. The first-order valence-electron chi connectivity index (χ1n) is 6.84. The second-order valence-electron chi connectivity index (χ2n) is 4.98. The summed E-state index contributed by atoms with van der Waals surface area (Å²) in [6, 6.07) is 15.7. The highest BCUT2D eigenvalue weighted by Gasteiger charge is 2.22. The molecule has 3 heteroatoms. The van der Waals surface area contributed by atoms with Gasteiger partial charge in [0.05, 0.1) is 6.07 Å². The molecule has 0 aliphatic carbocycles. The molecule has 0 aromatic heterocycles. The number of hydrogen-bond donors (Lipinski definition) is 0. The molecule has 0 radical (unpaired) electrons. The molecule has 0 heterocycles. The third-order valence-electron chi connectivity index (χ3n) is 3.57. The summed E-state index contributed by atoms with van der Waals surface area (Å²) in [5.74, 6) is -1.78. The van der Waals surface area contributed by atoms with Gasteiger partial charge in [-0.2, -0.15) is 5.26 Å². The number of carbonyl (C=O) groups excluding carboxylic acids is 1. The number of carbonyl (C=O) groups is 1. The van der Waals surface area contributed by atoms with Crippen molar-refractivity contribution >= 4 is 5.78 Å². The third-order valence-corrected chi connectivity index (χ3v) is 3.57. The van der Waals surface area contributed by atoms with E-state index in [0.717, 1.165) is 11.1 Å². The van der Waals surface area contributed by atoms with E-state index in [4.69, 9.17) is 0 Å². The number of halogens is 1. The lowest BCUT2D eigenvalue weighted by Crippen LogP contribution is -2.13. The van der Waals surface area contributed by atoms with Gasteiger partial charge in [-0.3, -0.25) is 4.79 Å². The van der Waals surface area contributed by atoms with Crippen molar-refractivity contribution in [1.82, 2.24) is 0 Å². The van der Waals surface area contributed by atoms with E-state index in [9.17, 15) is 14.4 Å². The van der Waals surface area contributed by atoms with Gasteiger partial charge in [0.15, 0.2) is 5.78 Å². The number of nitriles is 1. The zero-order valence-corrected chi connectivity index (χ0v) is 11.8. The number of rotatable bonds is 5. The molecule has 21 heavy (non-hydrogen) atoms. The molecule has 0 amide bonds. The Labute approximate surface area is 123 Å². The smallest absolute Gasteiger partial charge is 0.154 e. The second-order valence-corrected chi connectivity index (χ2v) is 4.98. The number of ketones is 1. The summed E-state index contributed by atoms with van der Waals surface area (Å²) in [7, 11) is 0. The SMILES string of the molecule is Cc1ccccc1CCC(=O)C(C#N)c1ccccc1F. The topological polar surface area (TPSA) is 40.9 Å². The maximum atomic E-state index is 13.7. The molecule has 1 unspecified atom stereocenters. The van der Waals surface area contributed by atoms with Crippen LogP contribution in [0.25, 0.3) is 0 Å². The Hall–Kier alpha value is -2.47. The van der Waals surface area contributed by atoms with E-state index in [0.29, 0.717) is 6.42 Å². The Balaban J connectivity index is 2.10. The second kappa shape index (κ2) is 6.81. The molecular formula is C18H16FNO. The van der Waals surface area contributed by atoms with E-state index in [-0.39, 0.29) is 17.8 Å². The first-order valence-corrected chi connectivity index (χ1v) is 6.84. The van der Waals surface area contributed by atoms with Crippen LogP contribution < -0.4 is 0 Å². The molecule has 0 saturated carbocycles. The summed E-state index contributed by atoms with van der Waals surface area (Å²) in [6.45, 7) is 1.98. The summed E-state index contributed by atoms with van der Waals surface area (Å²) in [4.78, 5) is 12.2. The van der Waals surface area contributed by atoms with Gasteiger partial charge in [0, 0.05) is 12.0 Å². The fourth-order valence-corrected chi connectivity index (χ4v) is 2.32. The van der Waals surface area contributed by atoms with Gasteiger partial charge in [-0.15, -0.1) is 0 Å². The van der Waals surface area contributed by atoms with Crippen molar-refractivity contribution in [1.29, 1.82) is 5.26 Å². The minimum absolute atomic E-state index is 0.162. The molecule has 0 aliphatic heterocycles. The standard InChI is InChI=1S/C18H16FNO/c1-13-6-2-3-7-14(13)10-11-18(21)16(12-20)15-8-4-5-9-17(15)19/h2-9,16H,10-11H2,1H3. The minimum atomic E-state index is -1.03. The van der Waals surface area contributed by atoms with Crippen LogP contribution in [0, 0.1) is 24.1 Å². The van der Waals surface area contributed by atoms with Gasteiger partial charge < -0.3 is 0 Å². The Morgan fingerprint density at radius 3 is 2.52 bits per heavy atom. The Kier molecular flexibility index (Phi) is 4.84. The van der Waals surface area contributed by atoms with Crippen molar-refractivity contribution in [3.8, 4) is 6.07 Å². The molecule has 0 fully saturated rings. The summed E-state index contributed by atoms with van der Waals surface area (Å²) < 4.78 is 13.7. The van der Waals surface area contributed by atoms with Crippen molar-refractivity contribution in [3.05, 3.63) is 71.0 Å². The predicted octanol–water partition coefficient (Wildman–Crippen LogP) is 3.94. The van der Waals surface area contributed by atoms with E-state index in [1.54, 1.807) is 12.1 Å². The Bertz CT molecular complexity index is 688. The van der Waals surface area contributed by atoms with Crippen LogP contribution >= 0.6 is 0 Å². The first kappa shape index (κ1) is 14.9. The number of benzene rings is 2. The van der Waals surface area contributed by atoms with Crippen LogP contribution in [0.15, 0.2) is 48.5 Å². The number of nitrogens with zero attached hydrogens (tertiary/aromatic N) is 1. The number of hydrogen-bond acceptors (Lipinski definition) is 2. The Morgan fingerprint density at radius 1 is 1.19 bits per heavy atom. The average Bonchev–Trinajstić information content (AvgIpc) is 2.49. The van der Waals surface area contributed by atoms with E-state index in [1.165, 1.54) is 12.1 Å². The van der Waals surface area contributed by atoms with Gasteiger partial charge in [0.2, 0.25) is 0 Å². The summed E-state index contributed by atoms with van der Waals surface area (Å²) >= 11 is 0. The Morgan fingerprint density at radius 2 is 1.86 bits per heavy atom. The maximum Gasteiger partial charge on any atom is 0.154 e. The fraction of sp³-hybridized carbons (Fsp3) is 0.222. The van der Waals surface area contributed by atoms with E-state index < -0.39 is 11.7 Å². The number of aryl methyl sites for hydroxylation is 2. The quantitative estimate of drug-likeness (QED) is 0.832. The molecule has 2 nitrogen and oxygen atoms in total. The monoisotopic (exact) mass is 281 g/mol. The van der Waals surface area contributed by atoms with Gasteiger partial charge in [-0.05, 0) is 30.5 Å². The van der Waals surface area contributed by atoms with E-state index >= 15 is 0 Å². The molecule has 0 saturated heterocycles. The zero-order chi connectivity index (χ0) is 15.2. The normalized spacial score (nSPS) is 11.7. The van der Waals surface area contributed by atoms with Crippen LogP contribution in [0.4, 0.5) is 4.39 Å². The number of Topliss-reactive ketones (excluding diaryl/α,β-unsaturated/α-hetero) is 1. The van der Waals surface area contributed by atoms with Gasteiger partial charge >= 0.3 is 0 Å². The maximum absolute atomic E-state index is 13.7. The zero-order valence-electron chi connectivity index (χ0n) is 11.8. The molecule has 2 rings (SSSR count). The largest absolute Gasteiger partial charge is 0.298 e. The fourth-order valence-electron chi connectivity index (χ4n) is 2.32. The molecule has 0 aliphatic rings. The molecule has 0 N–H and O–H groups in total. The molecule has 1 atom stereocenters. The highest BCUT2D eigenvalue weighted by Crippen LogP contribution is 2.22. The van der Waals surface area contributed by atoms with E-state index in [1.807, 2.05) is 37.3 Å². The molecule has 106 valence electrons. The van der Waals surface area contributed by atoms with Crippen molar-refractivity contribution < 1.29 is 9.18 Å². The van der Waals surface area contributed by atoms with E-state index in [2.05, 4.69) is 0 Å². The van der Waals surface area contributed by atoms with Gasteiger partial charge in [0.25, 0.3) is 0 Å². The summed E-state index contributed by atoms with van der Waals surface area (Å²) in [6.07, 6.45) is 0.801. The van der Waals surface area contributed by atoms with Crippen LogP contribution in [-0.2, 0) is 11.2 Å². The van der Waals surface area contributed by atoms with Crippen molar-refractivity contribution in [2.75, 3.05) is 0 Å². The van der Waals surface area contributed by atoms with Crippen LogP contribution in [0.5, 0.6) is 0 Å². The van der Waals surface area contributed by atoms with Crippen LogP contribution in [-0.4, -0.2) is 5.78 Å². The van der Waals surface area contributed by atoms with Crippen molar-refractivity contribution in [3.63, 3.8) is 0 Å².